The predicted molar refractivity (Wildman–Crippen MR) is 113 cm³/mol. The first-order chi connectivity index (χ1) is 13.5. The van der Waals surface area contributed by atoms with Crippen LogP contribution in [0.2, 0.25) is 0 Å². The summed E-state index contributed by atoms with van der Waals surface area (Å²) in [4.78, 5) is 20.6. The monoisotopic (exact) mass is 419 g/mol. The van der Waals surface area contributed by atoms with Gasteiger partial charge in [-0.05, 0) is 31.7 Å². The molecule has 0 radical (unpaired) electrons. The van der Waals surface area contributed by atoms with E-state index in [4.69, 9.17) is 4.74 Å². The van der Waals surface area contributed by atoms with Crippen molar-refractivity contribution >= 4 is 24.0 Å². The summed E-state index contributed by atoms with van der Waals surface area (Å²) in [5, 5.41) is 0. The van der Waals surface area contributed by atoms with E-state index in [2.05, 4.69) is 34.1 Å². The molecule has 156 valence electrons. The molecule has 5 nitrogen and oxygen atoms in total. The molecule has 4 rings (SSSR count). The molecule has 0 bridgehead atoms. The third-order valence-electron chi connectivity index (χ3n) is 5.82. The maximum absolute atomic E-state index is 13.6. The SMILES string of the molecule is CC1OC2(CCN(CCc3ccccc3)CC2)CN(c2cncc(F)c2)C1=O.Cl. The highest BCUT2D eigenvalue weighted by Gasteiger charge is 2.45. The topological polar surface area (TPSA) is 45.7 Å². The molecule has 0 aliphatic carbocycles. The Balaban J connectivity index is 0.00000240. The van der Waals surface area contributed by atoms with Crippen molar-refractivity contribution in [2.45, 2.75) is 37.9 Å². The Hall–Kier alpha value is -2.02. The molecule has 3 heterocycles. The third-order valence-corrected chi connectivity index (χ3v) is 5.82. The Bertz CT molecular complexity index is 828. The Kier molecular flexibility index (Phi) is 6.88. The highest BCUT2D eigenvalue weighted by atomic mass is 35.5. The zero-order chi connectivity index (χ0) is 19.6. The van der Waals surface area contributed by atoms with Crippen LogP contribution in [0, 0.1) is 5.82 Å². The number of rotatable bonds is 4. The van der Waals surface area contributed by atoms with E-state index in [-0.39, 0.29) is 23.9 Å². The van der Waals surface area contributed by atoms with E-state index < -0.39 is 11.9 Å². The van der Waals surface area contributed by atoms with Gasteiger partial charge in [0.1, 0.15) is 11.9 Å². The van der Waals surface area contributed by atoms with Crippen molar-refractivity contribution in [2.75, 3.05) is 31.1 Å². The van der Waals surface area contributed by atoms with Gasteiger partial charge in [0, 0.05) is 25.7 Å². The van der Waals surface area contributed by atoms with Crippen molar-refractivity contribution in [1.82, 2.24) is 9.88 Å². The van der Waals surface area contributed by atoms with Crippen LogP contribution in [0.3, 0.4) is 0 Å². The van der Waals surface area contributed by atoms with Gasteiger partial charge < -0.3 is 14.5 Å². The molecule has 1 spiro atoms. The average molecular weight is 420 g/mol. The molecule has 2 aromatic rings. The smallest absolute Gasteiger partial charge is 0.255 e. The van der Waals surface area contributed by atoms with Gasteiger partial charge in [0.25, 0.3) is 5.91 Å². The molecule has 2 saturated heterocycles. The Morgan fingerprint density at radius 3 is 2.62 bits per heavy atom. The Morgan fingerprint density at radius 2 is 1.93 bits per heavy atom. The van der Waals surface area contributed by atoms with Gasteiger partial charge in [0.2, 0.25) is 0 Å². The number of morpholine rings is 1. The first-order valence-electron chi connectivity index (χ1n) is 9.91. The van der Waals surface area contributed by atoms with E-state index in [9.17, 15) is 9.18 Å². The molecule has 0 saturated carbocycles. The van der Waals surface area contributed by atoms with Crippen LogP contribution in [-0.4, -0.2) is 53.7 Å². The first kappa shape index (κ1) is 21.7. The van der Waals surface area contributed by atoms with Crippen LogP contribution < -0.4 is 4.90 Å². The molecule has 2 aliphatic heterocycles. The lowest BCUT2D eigenvalue weighted by Crippen LogP contribution is -2.61. The highest BCUT2D eigenvalue weighted by molar-refractivity contribution is 5.97. The van der Waals surface area contributed by atoms with Crippen molar-refractivity contribution in [2.24, 2.45) is 0 Å². The second-order valence-corrected chi connectivity index (χ2v) is 7.81. The van der Waals surface area contributed by atoms with E-state index in [1.54, 1.807) is 18.0 Å². The van der Waals surface area contributed by atoms with Crippen LogP contribution >= 0.6 is 12.4 Å². The zero-order valence-corrected chi connectivity index (χ0v) is 17.4. The summed E-state index contributed by atoms with van der Waals surface area (Å²) in [7, 11) is 0. The number of halogens is 2. The van der Waals surface area contributed by atoms with Crippen LogP contribution in [0.1, 0.15) is 25.3 Å². The number of pyridine rings is 1. The number of likely N-dealkylation sites (tertiary alicyclic amines) is 1. The van der Waals surface area contributed by atoms with E-state index in [1.165, 1.54) is 11.6 Å². The fourth-order valence-electron chi connectivity index (χ4n) is 4.21. The summed E-state index contributed by atoms with van der Waals surface area (Å²) < 4.78 is 19.8. The van der Waals surface area contributed by atoms with Crippen LogP contribution in [0.15, 0.2) is 48.8 Å². The lowest BCUT2D eigenvalue weighted by atomic mass is 9.88. The van der Waals surface area contributed by atoms with Gasteiger partial charge in [-0.3, -0.25) is 9.78 Å². The fraction of sp³-hybridized carbons (Fsp3) is 0.455. The Morgan fingerprint density at radius 1 is 1.21 bits per heavy atom. The summed E-state index contributed by atoms with van der Waals surface area (Å²) >= 11 is 0. The van der Waals surface area contributed by atoms with E-state index in [1.807, 2.05) is 6.07 Å². The minimum atomic E-state index is -0.534. The minimum absolute atomic E-state index is 0. The molecule has 2 fully saturated rings. The van der Waals surface area contributed by atoms with Crippen molar-refractivity contribution in [3.05, 3.63) is 60.2 Å². The minimum Gasteiger partial charge on any atom is -0.360 e. The molecular formula is C22H27ClFN3O2. The molecule has 7 heteroatoms. The lowest BCUT2D eigenvalue weighted by Gasteiger charge is -2.49. The number of anilines is 1. The number of amides is 1. The van der Waals surface area contributed by atoms with Crippen LogP contribution in [0.25, 0.3) is 0 Å². The molecule has 29 heavy (non-hydrogen) atoms. The van der Waals surface area contributed by atoms with Crippen LogP contribution in [0.5, 0.6) is 0 Å². The molecule has 0 N–H and O–H groups in total. The largest absolute Gasteiger partial charge is 0.360 e. The van der Waals surface area contributed by atoms with Gasteiger partial charge in [-0.2, -0.15) is 0 Å². The number of carbonyl (C=O) groups is 1. The van der Waals surface area contributed by atoms with Crippen molar-refractivity contribution in [1.29, 1.82) is 0 Å². The van der Waals surface area contributed by atoms with Crippen molar-refractivity contribution < 1.29 is 13.9 Å². The second kappa shape index (κ2) is 9.20. The van der Waals surface area contributed by atoms with Gasteiger partial charge in [-0.15, -0.1) is 12.4 Å². The number of hydrogen-bond acceptors (Lipinski definition) is 4. The standard InChI is InChI=1S/C22H26FN3O2.ClH/c1-17-21(27)26(20-13-19(23)14-24-15-20)16-22(28-17)8-11-25(12-9-22)10-7-18-5-3-2-4-6-18;/h2-6,13-15,17H,7-12,16H2,1H3;1H. The van der Waals surface area contributed by atoms with Gasteiger partial charge in [0.15, 0.2) is 0 Å². The second-order valence-electron chi connectivity index (χ2n) is 7.81. The summed E-state index contributed by atoms with van der Waals surface area (Å²) in [6, 6.07) is 11.9. The fourth-order valence-corrected chi connectivity index (χ4v) is 4.21. The number of piperidine rings is 1. The molecule has 2 aliphatic rings. The molecule has 1 aromatic carbocycles. The van der Waals surface area contributed by atoms with Gasteiger partial charge in [0.05, 0.1) is 30.2 Å². The van der Waals surface area contributed by atoms with Crippen LogP contribution in [0.4, 0.5) is 10.1 Å². The molecule has 1 atom stereocenters. The van der Waals surface area contributed by atoms with Gasteiger partial charge in [-0.1, -0.05) is 30.3 Å². The number of carbonyl (C=O) groups excluding carboxylic acids is 1. The summed E-state index contributed by atoms with van der Waals surface area (Å²) in [6.07, 6.45) is 4.91. The summed E-state index contributed by atoms with van der Waals surface area (Å²) in [5.41, 5.74) is 1.48. The predicted octanol–water partition coefficient (Wildman–Crippen LogP) is 3.47. The third kappa shape index (κ3) is 4.94. The Labute approximate surface area is 177 Å². The number of nitrogens with zero attached hydrogens (tertiary/aromatic N) is 3. The van der Waals surface area contributed by atoms with E-state index in [0.717, 1.165) is 45.1 Å². The highest BCUT2D eigenvalue weighted by Crippen LogP contribution is 2.35. The number of benzene rings is 1. The number of hydrogen-bond donors (Lipinski definition) is 0. The maximum atomic E-state index is 13.6. The van der Waals surface area contributed by atoms with Crippen molar-refractivity contribution in [3.8, 4) is 0 Å². The molecular weight excluding hydrogens is 393 g/mol. The summed E-state index contributed by atoms with van der Waals surface area (Å²) in [5.74, 6) is -0.571. The summed E-state index contributed by atoms with van der Waals surface area (Å²) in [6.45, 7) is 5.12. The molecule has 1 aromatic heterocycles. The molecule has 1 amide bonds. The van der Waals surface area contributed by atoms with E-state index in [0.29, 0.717) is 12.2 Å². The van der Waals surface area contributed by atoms with Gasteiger partial charge in [-0.25, -0.2) is 4.39 Å². The average Bonchev–Trinajstić information content (AvgIpc) is 2.71. The lowest BCUT2D eigenvalue weighted by molar-refractivity contribution is -0.161. The quantitative estimate of drug-likeness (QED) is 0.761. The zero-order valence-electron chi connectivity index (χ0n) is 16.6. The number of ether oxygens (including phenoxy) is 1. The van der Waals surface area contributed by atoms with Crippen molar-refractivity contribution in [3.63, 3.8) is 0 Å². The number of aromatic nitrogens is 1. The molecule has 1 unspecified atom stereocenters. The normalized spacial score (nSPS) is 21.8. The first-order valence-corrected chi connectivity index (χ1v) is 9.91. The van der Waals surface area contributed by atoms with Gasteiger partial charge >= 0.3 is 0 Å². The van der Waals surface area contributed by atoms with E-state index >= 15 is 0 Å². The maximum Gasteiger partial charge on any atom is 0.255 e. The van der Waals surface area contributed by atoms with Crippen LogP contribution in [-0.2, 0) is 16.0 Å².